The lowest BCUT2D eigenvalue weighted by molar-refractivity contribution is -0.144. The summed E-state index contributed by atoms with van der Waals surface area (Å²) in [5.41, 5.74) is 1.57. The summed E-state index contributed by atoms with van der Waals surface area (Å²) in [6.07, 6.45) is 0.833. The van der Waals surface area contributed by atoms with Crippen molar-refractivity contribution < 1.29 is 19.0 Å². The molecule has 1 saturated carbocycles. The SMILES string of the molecule is COC(=O)C1(c2cc3c(cc2C)OCO3)CC1C. The molecule has 1 aliphatic carbocycles. The van der Waals surface area contributed by atoms with Gasteiger partial charge in [-0.2, -0.15) is 0 Å². The molecule has 0 aromatic heterocycles. The van der Waals surface area contributed by atoms with Crippen LogP contribution in [0.2, 0.25) is 0 Å². The quantitative estimate of drug-likeness (QED) is 0.752. The Morgan fingerprint density at radius 2 is 2.00 bits per heavy atom. The van der Waals surface area contributed by atoms with E-state index in [1.807, 2.05) is 19.1 Å². The van der Waals surface area contributed by atoms with Crippen LogP contribution in [0.3, 0.4) is 0 Å². The number of benzene rings is 1. The molecule has 1 aliphatic heterocycles. The van der Waals surface area contributed by atoms with E-state index in [0.717, 1.165) is 29.0 Å². The predicted molar refractivity (Wildman–Crippen MR) is 64.8 cm³/mol. The summed E-state index contributed by atoms with van der Waals surface area (Å²) in [5.74, 6) is 1.63. The van der Waals surface area contributed by atoms with Crippen LogP contribution in [0.5, 0.6) is 11.5 Å². The lowest BCUT2D eigenvalue weighted by Gasteiger charge is -2.17. The predicted octanol–water partition coefficient (Wildman–Crippen LogP) is 2.17. The van der Waals surface area contributed by atoms with Crippen molar-refractivity contribution in [3.05, 3.63) is 23.3 Å². The Kier molecular flexibility index (Phi) is 2.30. The van der Waals surface area contributed by atoms with Gasteiger partial charge in [-0.1, -0.05) is 6.92 Å². The van der Waals surface area contributed by atoms with Gasteiger partial charge in [-0.05, 0) is 42.5 Å². The number of esters is 1. The molecule has 0 spiro atoms. The monoisotopic (exact) mass is 248 g/mol. The molecule has 3 rings (SSSR count). The number of carbonyl (C=O) groups excluding carboxylic acids is 1. The first-order valence-corrected chi connectivity index (χ1v) is 6.08. The molecule has 18 heavy (non-hydrogen) atoms. The van der Waals surface area contributed by atoms with Crippen molar-refractivity contribution in [1.29, 1.82) is 0 Å². The van der Waals surface area contributed by atoms with Gasteiger partial charge in [0.1, 0.15) is 0 Å². The summed E-state index contributed by atoms with van der Waals surface area (Å²) in [7, 11) is 1.44. The van der Waals surface area contributed by atoms with Crippen molar-refractivity contribution in [2.75, 3.05) is 13.9 Å². The van der Waals surface area contributed by atoms with Gasteiger partial charge in [0.25, 0.3) is 0 Å². The number of ether oxygens (including phenoxy) is 3. The maximum absolute atomic E-state index is 12.1. The molecular weight excluding hydrogens is 232 g/mol. The van der Waals surface area contributed by atoms with Gasteiger partial charge in [0.15, 0.2) is 11.5 Å². The summed E-state index contributed by atoms with van der Waals surface area (Å²) < 4.78 is 15.7. The smallest absolute Gasteiger partial charge is 0.316 e. The zero-order valence-corrected chi connectivity index (χ0v) is 10.8. The van der Waals surface area contributed by atoms with Crippen molar-refractivity contribution in [2.24, 2.45) is 5.92 Å². The summed E-state index contributed by atoms with van der Waals surface area (Å²) in [6.45, 7) is 4.31. The second kappa shape index (κ2) is 3.64. The maximum Gasteiger partial charge on any atom is 0.316 e. The number of hydrogen-bond acceptors (Lipinski definition) is 4. The minimum atomic E-state index is -0.486. The Morgan fingerprint density at radius 1 is 1.39 bits per heavy atom. The number of fused-ring (bicyclic) bond motifs is 1. The van der Waals surface area contributed by atoms with Crippen LogP contribution in [0.25, 0.3) is 0 Å². The van der Waals surface area contributed by atoms with Gasteiger partial charge in [-0.25, -0.2) is 0 Å². The van der Waals surface area contributed by atoms with Crippen LogP contribution in [-0.4, -0.2) is 19.9 Å². The highest BCUT2D eigenvalue weighted by molar-refractivity contribution is 5.88. The molecule has 2 unspecified atom stereocenters. The van der Waals surface area contributed by atoms with Crippen LogP contribution in [-0.2, 0) is 14.9 Å². The summed E-state index contributed by atoms with van der Waals surface area (Å²) in [6, 6.07) is 3.87. The highest BCUT2D eigenvalue weighted by Crippen LogP contribution is 2.57. The Bertz CT molecular complexity index is 523. The van der Waals surface area contributed by atoms with Gasteiger partial charge < -0.3 is 14.2 Å². The second-order valence-corrected chi connectivity index (χ2v) is 5.09. The Labute approximate surface area is 106 Å². The topological polar surface area (TPSA) is 44.8 Å². The van der Waals surface area contributed by atoms with Crippen LogP contribution in [0.15, 0.2) is 12.1 Å². The Hall–Kier alpha value is -1.71. The van der Waals surface area contributed by atoms with Crippen molar-refractivity contribution in [2.45, 2.75) is 25.7 Å². The van der Waals surface area contributed by atoms with Gasteiger partial charge in [0.2, 0.25) is 6.79 Å². The summed E-state index contributed by atoms with van der Waals surface area (Å²) in [5, 5.41) is 0. The van der Waals surface area contributed by atoms with E-state index in [1.54, 1.807) is 0 Å². The fourth-order valence-electron chi connectivity index (χ4n) is 2.90. The lowest BCUT2D eigenvalue weighted by atomic mass is 9.89. The average Bonchev–Trinajstić information content (AvgIpc) is 2.83. The Balaban J connectivity index is 2.09. The van der Waals surface area contributed by atoms with Crippen LogP contribution >= 0.6 is 0 Å². The third-order valence-corrected chi connectivity index (χ3v) is 4.06. The molecule has 1 heterocycles. The van der Waals surface area contributed by atoms with Crippen LogP contribution in [0.1, 0.15) is 24.5 Å². The lowest BCUT2D eigenvalue weighted by Crippen LogP contribution is -2.25. The third-order valence-electron chi connectivity index (χ3n) is 4.06. The molecule has 96 valence electrons. The molecule has 0 amide bonds. The van der Waals surface area contributed by atoms with E-state index >= 15 is 0 Å². The van der Waals surface area contributed by atoms with E-state index < -0.39 is 5.41 Å². The number of methoxy groups -OCH3 is 1. The van der Waals surface area contributed by atoms with Crippen molar-refractivity contribution in [1.82, 2.24) is 0 Å². The molecule has 1 fully saturated rings. The first-order chi connectivity index (χ1) is 8.59. The first-order valence-electron chi connectivity index (χ1n) is 6.08. The van der Waals surface area contributed by atoms with Gasteiger partial charge in [0.05, 0.1) is 12.5 Å². The van der Waals surface area contributed by atoms with E-state index in [1.165, 1.54) is 7.11 Å². The van der Waals surface area contributed by atoms with Gasteiger partial charge in [0, 0.05) is 0 Å². The van der Waals surface area contributed by atoms with Crippen LogP contribution in [0.4, 0.5) is 0 Å². The molecule has 1 aromatic rings. The number of carbonyl (C=O) groups is 1. The number of aryl methyl sites for hydroxylation is 1. The molecule has 2 atom stereocenters. The highest BCUT2D eigenvalue weighted by atomic mass is 16.7. The number of hydrogen-bond donors (Lipinski definition) is 0. The minimum Gasteiger partial charge on any atom is -0.468 e. The van der Waals surface area contributed by atoms with Crippen LogP contribution < -0.4 is 9.47 Å². The summed E-state index contributed by atoms with van der Waals surface area (Å²) in [4.78, 5) is 12.1. The zero-order valence-electron chi connectivity index (χ0n) is 10.8. The van der Waals surface area contributed by atoms with Gasteiger partial charge >= 0.3 is 5.97 Å². The molecule has 1 aromatic carbocycles. The fraction of sp³-hybridized carbons (Fsp3) is 0.500. The molecule has 4 nitrogen and oxygen atoms in total. The van der Waals surface area contributed by atoms with E-state index in [9.17, 15) is 4.79 Å². The Morgan fingerprint density at radius 3 is 2.56 bits per heavy atom. The molecule has 0 N–H and O–H groups in total. The van der Waals surface area contributed by atoms with Crippen molar-refractivity contribution >= 4 is 5.97 Å². The minimum absolute atomic E-state index is 0.156. The van der Waals surface area contributed by atoms with E-state index in [2.05, 4.69) is 6.92 Å². The third kappa shape index (κ3) is 1.35. The van der Waals surface area contributed by atoms with E-state index in [4.69, 9.17) is 14.2 Å². The number of rotatable bonds is 2. The van der Waals surface area contributed by atoms with Gasteiger partial charge in [-0.15, -0.1) is 0 Å². The zero-order chi connectivity index (χ0) is 12.9. The second-order valence-electron chi connectivity index (χ2n) is 5.09. The molecule has 2 aliphatic rings. The van der Waals surface area contributed by atoms with Crippen molar-refractivity contribution in [3.63, 3.8) is 0 Å². The van der Waals surface area contributed by atoms with Crippen molar-refractivity contribution in [3.8, 4) is 11.5 Å². The standard InChI is InChI=1S/C14H16O4/c1-8-4-11-12(18-7-17-11)5-10(8)14(6-9(14)2)13(15)16-3/h4-5,9H,6-7H2,1-3H3. The molecule has 0 radical (unpaired) electrons. The highest BCUT2D eigenvalue weighted by Gasteiger charge is 2.60. The molecule has 0 saturated heterocycles. The van der Waals surface area contributed by atoms with E-state index in [0.29, 0.717) is 5.92 Å². The normalized spacial score (nSPS) is 28.1. The molecular formula is C14H16O4. The largest absolute Gasteiger partial charge is 0.468 e. The first kappa shape index (κ1) is 11.4. The van der Waals surface area contributed by atoms with E-state index in [-0.39, 0.29) is 12.8 Å². The van der Waals surface area contributed by atoms with Gasteiger partial charge in [-0.3, -0.25) is 4.79 Å². The van der Waals surface area contributed by atoms with Crippen LogP contribution in [0, 0.1) is 12.8 Å². The maximum atomic E-state index is 12.1. The molecule has 0 bridgehead atoms. The molecule has 4 heteroatoms. The average molecular weight is 248 g/mol. The summed E-state index contributed by atoms with van der Waals surface area (Å²) >= 11 is 0. The fourth-order valence-corrected chi connectivity index (χ4v) is 2.90.